The molecule has 0 bridgehead atoms. The Balaban J connectivity index is 2.56. The van der Waals surface area contributed by atoms with Crippen LogP contribution in [0.1, 0.15) is 34.7 Å². The number of benzene rings is 1. The highest BCUT2D eigenvalue weighted by Crippen LogP contribution is 2.36. The van der Waals surface area contributed by atoms with E-state index in [1.54, 1.807) is 12.1 Å². The van der Waals surface area contributed by atoms with Gasteiger partial charge in [-0.25, -0.2) is 0 Å². The van der Waals surface area contributed by atoms with Gasteiger partial charge in [0.1, 0.15) is 5.75 Å². The summed E-state index contributed by atoms with van der Waals surface area (Å²) in [6.45, 7) is 0. The lowest BCUT2D eigenvalue weighted by Gasteiger charge is -2.23. The Hall–Kier alpha value is -0.830. The zero-order chi connectivity index (χ0) is 10.1. The quantitative estimate of drug-likeness (QED) is 0.783. The van der Waals surface area contributed by atoms with Gasteiger partial charge in [-0.05, 0) is 24.0 Å². The van der Waals surface area contributed by atoms with E-state index in [1.165, 1.54) is 0 Å². The number of phenols is 1. The molecule has 0 saturated heterocycles. The Bertz CT molecular complexity index is 374. The van der Waals surface area contributed by atoms with Gasteiger partial charge in [-0.1, -0.05) is 28.1 Å². The first-order valence-corrected chi connectivity index (χ1v) is 5.77. The molecule has 74 valence electrons. The average molecular weight is 255 g/mol. The number of aromatic hydroxyl groups is 1. The second-order valence-electron chi connectivity index (χ2n) is 3.55. The second-order valence-corrected chi connectivity index (χ2v) is 4.20. The third-order valence-electron chi connectivity index (χ3n) is 2.70. The Morgan fingerprint density at radius 3 is 3.00 bits per heavy atom. The molecule has 0 fully saturated rings. The van der Waals surface area contributed by atoms with E-state index in [-0.39, 0.29) is 11.5 Å². The molecule has 1 atom stereocenters. The minimum Gasteiger partial charge on any atom is -0.507 e. The van der Waals surface area contributed by atoms with Crippen molar-refractivity contribution in [2.45, 2.75) is 18.8 Å². The highest BCUT2D eigenvalue weighted by Gasteiger charge is 2.26. The highest BCUT2D eigenvalue weighted by atomic mass is 79.9. The molecule has 0 radical (unpaired) electrons. The van der Waals surface area contributed by atoms with Crippen LogP contribution in [0.25, 0.3) is 0 Å². The largest absolute Gasteiger partial charge is 0.507 e. The first kappa shape index (κ1) is 9.71. The fourth-order valence-corrected chi connectivity index (χ4v) is 2.62. The minimum atomic E-state index is 0.0651. The van der Waals surface area contributed by atoms with Crippen molar-refractivity contribution in [1.29, 1.82) is 0 Å². The van der Waals surface area contributed by atoms with Gasteiger partial charge in [0.25, 0.3) is 0 Å². The van der Waals surface area contributed by atoms with Crippen molar-refractivity contribution < 1.29 is 9.90 Å². The average Bonchev–Trinajstić information content (AvgIpc) is 2.18. The number of rotatable bonds is 1. The predicted molar refractivity (Wildman–Crippen MR) is 58.2 cm³/mol. The summed E-state index contributed by atoms with van der Waals surface area (Å²) in [4.78, 5) is 11.6. The van der Waals surface area contributed by atoms with Crippen molar-refractivity contribution in [1.82, 2.24) is 0 Å². The smallest absolute Gasteiger partial charge is 0.166 e. The topological polar surface area (TPSA) is 37.3 Å². The summed E-state index contributed by atoms with van der Waals surface area (Å²) in [5.74, 6) is 0.545. The van der Waals surface area contributed by atoms with Crippen molar-refractivity contribution in [3.05, 3.63) is 29.3 Å². The van der Waals surface area contributed by atoms with Crippen LogP contribution in [0.2, 0.25) is 0 Å². The van der Waals surface area contributed by atoms with E-state index in [0.717, 1.165) is 17.3 Å². The normalized spacial score (nSPS) is 20.6. The Morgan fingerprint density at radius 1 is 1.50 bits per heavy atom. The van der Waals surface area contributed by atoms with Crippen molar-refractivity contribution >= 4 is 21.7 Å². The standard InChI is InChI=1S/C11H11BrO2/c12-6-7-4-5-10(14)11-8(7)2-1-3-9(11)13/h1-3,7,13H,4-6H2. The van der Waals surface area contributed by atoms with Gasteiger partial charge in [0.15, 0.2) is 5.78 Å². The number of hydrogen-bond donors (Lipinski definition) is 1. The summed E-state index contributed by atoms with van der Waals surface area (Å²) < 4.78 is 0. The van der Waals surface area contributed by atoms with Gasteiger partial charge >= 0.3 is 0 Å². The fraction of sp³-hybridized carbons (Fsp3) is 0.364. The maximum atomic E-state index is 11.6. The summed E-state index contributed by atoms with van der Waals surface area (Å²) in [5, 5.41) is 10.4. The van der Waals surface area contributed by atoms with Gasteiger partial charge in [0.2, 0.25) is 0 Å². The van der Waals surface area contributed by atoms with Crippen LogP contribution in [0.5, 0.6) is 5.75 Å². The van der Waals surface area contributed by atoms with Crippen LogP contribution in [0.4, 0.5) is 0 Å². The summed E-state index contributed by atoms with van der Waals surface area (Å²) in [6.07, 6.45) is 1.42. The molecule has 0 saturated carbocycles. The number of Topliss-reactive ketones (excluding diaryl/α,β-unsaturated/α-hetero) is 1. The first-order valence-electron chi connectivity index (χ1n) is 4.65. The molecule has 2 rings (SSSR count). The number of alkyl halides is 1. The SMILES string of the molecule is O=C1CCC(CBr)c2cccc(O)c21. The summed E-state index contributed by atoms with van der Waals surface area (Å²) in [6, 6.07) is 5.30. The van der Waals surface area contributed by atoms with E-state index in [2.05, 4.69) is 15.9 Å². The molecule has 1 N–H and O–H groups in total. The monoisotopic (exact) mass is 254 g/mol. The number of ketones is 1. The van der Waals surface area contributed by atoms with E-state index in [0.29, 0.717) is 17.9 Å². The molecule has 0 aliphatic heterocycles. The van der Waals surface area contributed by atoms with Gasteiger partial charge in [-0.2, -0.15) is 0 Å². The van der Waals surface area contributed by atoms with E-state index in [1.807, 2.05) is 6.07 Å². The Kier molecular flexibility index (Phi) is 2.59. The number of carbonyl (C=O) groups is 1. The zero-order valence-corrected chi connectivity index (χ0v) is 9.25. The van der Waals surface area contributed by atoms with Crippen molar-refractivity contribution in [2.24, 2.45) is 0 Å². The van der Waals surface area contributed by atoms with Crippen LogP contribution in [0, 0.1) is 0 Å². The van der Waals surface area contributed by atoms with Gasteiger partial charge < -0.3 is 5.11 Å². The molecular formula is C11H11BrO2. The van der Waals surface area contributed by atoms with E-state index in [4.69, 9.17) is 0 Å². The molecule has 14 heavy (non-hydrogen) atoms. The highest BCUT2D eigenvalue weighted by molar-refractivity contribution is 9.09. The maximum Gasteiger partial charge on any atom is 0.166 e. The second kappa shape index (κ2) is 3.73. The molecule has 0 heterocycles. The fourth-order valence-electron chi connectivity index (χ4n) is 1.95. The van der Waals surface area contributed by atoms with Crippen LogP contribution in [0.15, 0.2) is 18.2 Å². The lowest BCUT2D eigenvalue weighted by Crippen LogP contribution is -2.16. The van der Waals surface area contributed by atoms with Crippen molar-refractivity contribution in [3.63, 3.8) is 0 Å². The predicted octanol–water partition coefficient (Wildman–Crippen LogP) is 2.85. The Labute approximate surface area is 91.1 Å². The van der Waals surface area contributed by atoms with E-state index in [9.17, 15) is 9.90 Å². The van der Waals surface area contributed by atoms with Gasteiger partial charge in [0, 0.05) is 11.8 Å². The van der Waals surface area contributed by atoms with Crippen LogP contribution < -0.4 is 0 Å². The molecule has 1 aliphatic rings. The number of phenolic OH excluding ortho intramolecular Hbond substituents is 1. The van der Waals surface area contributed by atoms with Crippen molar-refractivity contribution in [2.75, 3.05) is 5.33 Å². The number of hydrogen-bond acceptors (Lipinski definition) is 2. The van der Waals surface area contributed by atoms with Crippen molar-refractivity contribution in [3.8, 4) is 5.75 Å². The Morgan fingerprint density at radius 2 is 2.29 bits per heavy atom. The number of fused-ring (bicyclic) bond motifs is 1. The summed E-state index contributed by atoms with van der Waals surface area (Å²) in [7, 11) is 0. The molecule has 0 amide bonds. The summed E-state index contributed by atoms with van der Waals surface area (Å²) in [5.41, 5.74) is 1.52. The third-order valence-corrected chi connectivity index (χ3v) is 3.48. The lowest BCUT2D eigenvalue weighted by atomic mass is 9.83. The molecule has 1 aromatic carbocycles. The zero-order valence-electron chi connectivity index (χ0n) is 7.66. The van der Waals surface area contributed by atoms with Crippen LogP contribution in [-0.2, 0) is 0 Å². The minimum absolute atomic E-state index is 0.0651. The molecule has 0 aromatic heterocycles. The third kappa shape index (κ3) is 1.46. The van der Waals surface area contributed by atoms with Crippen LogP contribution in [-0.4, -0.2) is 16.2 Å². The van der Waals surface area contributed by atoms with Crippen LogP contribution >= 0.6 is 15.9 Å². The van der Waals surface area contributed by atoms with Gasteiger partial charge in [-0.3, -0.25) is 4.79 Å². The van der Waals surface area contributed by atoms with Crippen LogP contribution in [0.3, 0.4) is 0 Å². The van der Waals surface area contributed by atoms with E-state index >= 15 is 0 Å². The molecule has 2 nitrogen and oxygen atoms in total. The van der Waals surface area contributed by atoms with E-state index < -0.39 is 0 Å². The molecule has 1 aromatic rings. The number of carbonyl (C=O) groups excluding carboxylic acids is 1. The molecular weight excluding hydrogens is 244 g/mol. The molecule has 1 aliphatic carbocycles. The molecule has 1 unspecified atom stereocenters. The first-order chi connectivity index (χ1) is 6.74. The molecule has 3 heteroatoms. The number of halogens is 1. The lowest BCUT2D eigenvalue weighted by molar-refractivity contribution is 0.0965. The molecule has 0 spiro atoms. The maximum absolute atomic E-state index is 11.6. The van der Waals surface area contributed by atoms with Gasteiger partial charge in [-0.15, -0.1) is 0 Å². The summed E-state index contributed by atoms with van der Waals surface area (Å²) >= 11 is 3.43. The van der Waals surface area contributed by atoms with Gasteiger partial charge in [0.05, 0.1) is 5.56 Å².